The van der Waals surface area contributed by atoms with Crippen molar-refractivity contribution in [2.45, 2.75) is 32.7 Å². The Labute approximate surface area is 153 Å². The Morgan fingerprint density at radius 1 is 1.32 bits per heavy atom. The summed E-state index contributed by atoms with van der Waals surface area (Å²) in [6, 6.07) is 8.13. The maximum absolute atomic E-state index is 12.1. The van der Waals surface area contributed by atoms with Gasteiger partial charge in [-0.25, -0.2) is 4.79 Å². The molecule has 6 nitrogen and oxygen atoms in total. The highest BCUT2D eigenvalue weighted by atomic mass is 35.5. The van der Waals surface area contributed by atoms with Crippen LogP contribution in [0, 0.1) is 5.92 Å². The number of hydrogen-bond acceptors (Lipinski definition) is 5. The fraction of sp³-hybridized carbons (Fsp3) is 0.444. The fourth-order valence-corrected chi connectivity index (χ4v) is 2.74. The number of ether oxygens (including phenoxy) is 1. The van der Waals surface area contributed by atoms with E-state index in [9.17, 15) is 9.59 Å². The molecule has 2 rings (SSSR count). The normalized spacial score (nSPS) is 13.2. The van der Waals surface area contributed by atoms with Crippen molar-refractivity contribution < 1.29 is 13.9 Å². The second-order valence-corrected chi connectivity index (χ2v) is 6.65. The Morgan fingerprint density at radius 2 is 2.00 bits per heavy atom. The van der Waals surface area contributed by atoms with Crippen LogP contribution in [-0.4, -0.2) is 24.6 Å². The third-order valence-electron chi connectivity index (χ3n) is 3.71. The first kappa shape index (κ1) is 21.0. The molecule has 0 aliphatic carbocycles. The van der Waals surface area contributed by atoms with Crippen LogP contribution in [0.5, 0.6) is 5.75 Å². The number of fused-ring (bicyclic) bond motifs is 1. The molecule has 25 heavy (non-hydrogen) atoms. The predicted octanol–water partition coefficient (Wildman–Crippen LogP) is 2.47. The van der Waals surface area contributed by atoms with Crippen LogP contribution in [-0.2, 0) is 4.79 Å². The maximum Gasteiger partial charge on any atom is 0.336 e. The zero-order chi connectivity index (χ0) is 17.7. The summed E-state index contributed by atoms with van der Waals surface area (Å²) >= 11 is 0. The number of benzene rings is 1. The monoisotopic (exact) mass is 368 g/mol. The summed E-state index contributed by atoms with van der Waals surface area (Å²) < 4.78 is 10.6. The summed E-state index contributed by atoms with van der Waals surface area (Å²) in [6.07, 6.45) is 0.788. The quantitative estimate of drug-likeness (QED) is 0.732. The molecule has 0 fully saturated rings. The van der Waals surface area contributed by atoms with Gasteiger partial charge in [-0.15, -0.1) is 12.4 Å². The molecule has 0 bridgehead atoms. The van der Waals surface area contributed by atoms with Gasteiger partial charge in [0.15, 0.2) is 6.61 Å². The second kappa shape index (κ2) is 8.87. The van der Waals surface area contributed by atoms with Gasteiger partial charge in [-0.1, -0.05) is 13.8 Å². The molecule has 1 aromatic carbocycles. The highest BCUT2D eigenvalue weighted by Crippen LogP contribution is 2.19. The van der Waals surface area contributed by atoms with Crippen molar-refractivity contribution in [2.24, 2.45) is 11.7 Å². The standard InChI is InChI=1S/C18H24N2O4.ClH/c1-12(2)9-18(3,11-19)20-16(21)10-23-14-6-4-13-5-7-17(22)24-15(13)8-14;/h4-8,12H,9-11,19H2,1-3H3,(H,20,21);1H. The van der Waals surface area contributed by atoms with Crippen LogP contribution in [0.4, 0.5) is 0 Å². The van der Waals surface area contributed by atoms with E-state index in [4.69, 9.17) is 14.9 Å². The van der Waals surface area contributed by atoms with E-state index < -0.39 is 11.2 Å². The van der Waals surface area contributed by atoms with Crippen molar-refractivity contribution in [3.05, 3.63) is 40.8 Å². The average molecular weight is 369 g/mol. The van der Waals surface area contributed by atoms with Crippen molar-refractivity contribution >= 4 is 29.3 Å². The third-order valence-corrected chi connectivity index (χ3v) is 3.71. The molecular formula is C18H25ClN2O4. The van der Waals surface area contributed by atoms with Crippen LogP contribution in [0.1, 0.15) is 27.2 Å². The Hall–Kier alpha value is -2.05. The van der Waals surface area contributed by atoms with Crippen molar-refractivity contribution in [3.8, 4) is 5.75 Å². The first-order valence-corrected chi connectivity index (χ1v) is 7.99. The molecule has 0 aliphatic rings. The topological polar surface area (TPSA) is 94.6 Å². The van der Waals surface area contributed by atoms with E-state index in [0.29, 0.717) is 23.8 Å². The van der Waals surface area contributed by atoms with Crippen LogP contribution >= 0.6 is 12.4 Å². The van der Waals surface area contributed by atoms with Crippen molar-refractivity contribution in [2.75, 3.05) is 13.2 Å². The molecule has 2 aromatic rings. The summed E-state index contributed by atoms with van der Waals surface area (Å²) in [7, 11) is 0. The van der Waals surface area contributed by atoms with Gasteiger partial charge in [0.25, 0.3) is 5.91 Å². The molecule has 1 heterocycles. The number of nitrogens with one attached hydrogen (secondary N) is 1. The van der Waals surface area contributed by atoms with Crippen LogP contribution < -0.4 is 21.4 Å². The van der Waals surface area contributed by atoms with Crippen LogP contribution in [0.3, 0.4) is 0 Å². The lowest BCUT2D eigenvalue weighted by atomic mass is 9.91. The number of halogens is 1. The van der Waals surface area contributed by atoms with Gasteiger partial charge in [-0.2, -0.15) is 0 Å². The van der Waals surface area contributed by atoms with Crippen molar-refractivity contribution in [3.63, 3.8) is 0 Å². The molecule has 0 spiro atoms. The van der Waals surface area contributed by atoms with Crippen molar-refractivity contribution in [1.29, 1.82) is 0 Å². The zero-order valence-electron chi connectivity index (χ0n) is 14.7. The number of amides is 1. The van der Waals surface area contributed by atoms with Crippen LogP contribution in [0.25, 0.3) is 11.0 Å². The molecule has 0 aliphatic heterocycles. The number of carbonyl (C=O) groups excluding carboxylic acids is 1. The molecule has 0 saturated heterocycles. The predicted molar refractivity (Wildman–Crippen MR) is 100 cm³/mol. The summed E-state index contributed by atoms with van der Waals surface area (Å²) in [5.74, 6) is 0.645. The van der Waals surface area contributed by atoms with Gasteiger partial charge in [-0.3, -0.25) is 4.79 Å². The van der Waals surface area contributed by atoms with E-state index in [1.807, 2.05) is 6.92 Å². The highest BCUT2D eigenvalue weighted by molar-refractivity contribution is 5.85. The van der Waals surface area contributed by atoms with Gasteiger partial charge in [0.1, 0.15) is 11.3 Å². The molecule has 1 unspecified atom stereocenters. The van der Waals surface area contributed by atoms with Gasteiger partial charge in [-0.05, 0) is 37.5 Å². The minimum absolute atomic E-state index is 0. The minimum Gasteiger partial charge on any atom is -0.484 e. The van der Waals surface area contributed by atoms with E-state index in [1.165, 1.54) is 6.07 Å². The first-order chi connectivity index (χ1) is 11.3. The van der Waals surface area contributed by atoms with Gasteiger partial charge in [0.2, 0.25) is 0 Å². The van der Waals surface area contributed by atoms with Crippen LogP contribution in [0.15, 0.2) is 39.5 Å². The summed E-state index contributed by atoms with van der Waals surface area (Å²) in [4.78, 5) is 23.4. The lowest BCUT2D eigenvalue weighted by molar-refractivity contribution is -0.125. The van der Waals surface area contributed by atoms with E-state index in [0.717, 1.165) is 11.8 Å². The molecule has 0 saturated carbocycles. The van der Waals surface area contributed by atoms with E-state index >= 15 is 0 Å². The highest BCUT2D eigenvalue weighted by Gasteiger charge is 2.25. The molecule has 0 radical (unpaired) electrons. The van der Waals surface area contributed by atoms with Gasteiger partial charge in [0.05, 0.1) is 0 Å². The Bertz CT molecular complexity index is 775. The molecule has 3 N–H and O–H groups in total. The summed E-state index contributed by atoms with van der Waals surface area (Å²) in [5.41, 5.74) is 5.33. The molecule has 7 heteroatoms. The smallest absolute Gasteiger partial charge is 0.336 e. The Balaban J connectivity index is 0.00000312. The third kappa shape index (κ3) is 6.07. The molecule has 1 atom stereocenters. The summed E-state index contributed by atoms with van der Waals surface area (Å²) in [5, 5.41) is 3.72. The lowest BCUT2D eigenvalue weighted by Crippen LogP contribution is -2.53. The van der Waals surface area contributed by atoms with Gasteiger partial charge in [0, 0.05) is 29.6 Å². The number of rotatable bonds is 7. The number of hydrogen-bond donors (Lipinski definition) is 2. The Kier molecular flexibility index (Phi) is 7.45. The maximum atomic E-state index is 12.1. The number of nitrogens with two attached hydrogens (primary N) is 1. The minimum atomic E-state index is -0.454. The first-order valence-electron chi connectivity index (χ1n) is 7.99. The zero-order valence-corrected chi connectivity index (χ0v) is 15.5. The van der Waals surface area contributed by atoms with E-state index in [1.54, 1.807) is 24.3 Å². The summed E-state index contributed by atoms with van der Waals surface area (Å²) in [6.45, 7) is 6.32. The molecule has 138 valence electrons. The van der Waals surface area contributed by atoms with Gasteiger partial charge < -0.3 is 20.2 Å². The molecule has 1 aromatic heterocycles. The van der Waals surface area contributed by atoms with E-state index in [-0.39, 0.29) is 24.9 Å². The SMILES string of the molecule is CC(C)CC(C)(CN)NC(=O)COc1ccc2ccc(=O)oc2c1.Cl. The van der Waals surface area contributed by atoms with E-state index in [2.05, 4.69) is 19.2 Å². The average Bonchev–Trinajstić information content (AvgIpc) is 2.51. The van der Waals surface area contributed by atoms with Crippen molar-refractivity contribution in [1.82, 2.24) is 5.32 Å². The number of carbonyl (C=O) groups is 1. The largest absolute Gasteiger partial charge is 0.484 e. The fourth-order valence-electron chi connectivity index (χ4n) is 2.74. The Morgan fingerprint density at radius 3 is 2.64 bits per heavy atom. The van der Waals surface area contributed by atoms with Gasteiger partial charge >= 0.3 is 5.63 Å². The van der Waals surface area contributed by atoms with Crippen LogP contribution in [0.2, 0.25) is 0 Å². The lowest BCUT2D eigenvalue weighted by Gasteiger charge is -2.31. The molecule has 1 amide bonds. The molecular weight excluding hydrogens is 344 g/mol. The second-order valence-electron chi connectivity index (χ2n) is 6.65.